The summed E-state index contributed by atoms with van der Waals surface area (Å²) in [6, 6.07) is 3.23. The SMILES string of the molecule is CC(C)=Cc1c([B]OC(C)(C)C(C)(C)S)ccc(F)c1C. The van der Waals surface area contributed by atoms with Crippen LogP contribution in [0, 0.1) is 12.7 Å². The van der Waals surface area contributed by atoms with Gasteiger partial charge in [0.15, 0.2) is 0 Å². The summed E-state index contributed by atoms with van der Waals surface area (Å²) in [5, 5.41) is 0. The molecule has 0 amide bonds. The molecule has 0 fully saturated rings. The van der Waals surface area contributed by atoms with Gasteiger partial charge in [0.1, 0.15) is 5.82 Å². The average Bonchev–Trinajstić information content (AvgIpc) is 2.32. The minimum Gasteiger partial charge on any atom is -0.428 e. The molecule has 0 aliphatic carbocycles. The Morgan fingerprint density at radius 2 is 1.81 bits per heavy atom. The molecule has 0 saturated carbocycles. The zero-order valence-electron chi connectivity index (χ0n) is 14.0. The van der Waals surface area contributed by atoms with Gasteiger partial charge in [-0.1, -0.05) is 17.7 Å². The van der Waals surface area contributed by atoms with Gasteiger partial charge in [0.05, 0.1) is 5.60 Å². The Hall–Kier alpha value is -0.735. The molecule has 0 aliphatic heterocycles. The van der Waals surface area contributed by atoms with Gasteiger partial charge >= 0.3 is 7.48 Å². The van der Waals surface area contributed by atoms with Crippen molar-refractivity contribution in [1.29, 1.82) is 0 Å². The number of rotatable bonds is 5. The van der Waals surface area contributed by atoms with Crippen LogP contribution in [0.4, 0.5) is 4.39 Å². The quantitative estimate of drug-likeness (QED) is 0.630. The van der Waals surface area contributed by atoms with E-state index in [1.807, 2.05) is 47.6 Å². The third kappa shape index (κ3) is 4.62. The Morgan fingerprint density at radius 3 is 2.29 bits per heavy atom. The van der Waals surface area contributed by atoms with Crippen LogP contribution in [0.15, 0.2) is 17.7 Å². The van der Waals surface area contributed by atoms with Crippen LogP contribution in [0.5, 0.6) is 0 Å². The maximum Gasteiger partial charge on any atom is 0.331 e. The van der Waals surface area contributed by atoms with Crippen molar-refractivity contribution in [3.63, 3.8) is 0 Å². The minimum atomic E-state index is -0.444. The molecule has 0 heterocycles. The smallest absolute Gasteiger partial charge is 0.331 e. The topological polar surface area (TPSA) is 9.23 Å². The molecule has 115 valence electrons. The zero-order valence-corrected chi connectivity index (χ0v) is 14.9. The van der Waals surface area contributed by atoms with Gasteiger partial charge in [-0.25, -0.2) is 4.39 Å². The molecule has 1 aromatic carbocycles. The fourth-order valence-corrected chi connectivity index (χ4v) is 1.71. The summed E-state index contributed by atoms with van der Waals surface area (Å²) in [6.45, 7) is 13.8. The molecule has 1 nitrogen and oxygen atoms in total. The van der Waals surface area contributed by atoms with Crippen LogP contribution < -0.4 is 5.46 Å². The van der Waals surface area contributed by atoms with Gasteiger partial charge < -0.3 is 4.65 Å². The van der Waals surface area contributed by atoms with Crippen LogP contribution in [0.25, 0.3) is 6.08 Å². The van der Waals surface area contributed by atoms with Gasteiger partial charge in [-0.2, -0.15) is 12.6 Å². The average molecular weight is 307 g/mol. The van der Waals surface area contributed by atoms with Crippen LogP contribution >= 0.6 is 12.6 Å². The molecule has 4 heteroatoms. The van der Waals surface area contributed by atoms with Crippen molar-refractivity contribution >= 4 is 31.6 Å². The molecule has 0 N–H and O–H groups in total. The third-order valence-corrected chi connectivity index (χ3v) is 4.41. The van der Waals surface area contributed by atoms with E-state index in [4.69, 9.17) is 4.65 Å². The van der Waals surface area contributed by atoms with E-state index in [9.17, 15) is 4.39 Å². The Kier molecular flexibility index (Phi) is 5.73. The second-order valence-corrected chi connectivity index (χ2v) is 7.82. The predicted molar refractivity (Wildman–Crippen MR) is 94.1 cm³/mol. The largest absolute Gasteiger partial charge is 0.428 e. The number of benzene rings is 1. The first-order valence-electron chi connectivity index (χ1n) is 7.13. The van der Waals surface area contributed by atoms with Crippen molar-refractivity contribution in [2.75, 3.05) is 0 Å². The van der Waals surface area contributed by atoms with Crippen molar-refractivity contribution in [3.8, 4) is 0 Å². The molecular formula is C17H25BFOS. The van der Waals surface area contributed by atoms with Gasteiger partial charge in [0, 0.05) is 4.75 Å². The Balaban J connectivity index is 3.10. The summed E-state index contributed by atoms with van der Waals surface area (Å²) < 4.78 is 19.4. The molecule has 1 aromatic rings. The first kappa shape index (κ1) is 18.3. The highest BCUT2D eigenvalue weighted by molar-refractivity contribution is 7.81. The van der Waals surface area contributed by atoms with Crippen LogP contribution in [0.2, 0.25) is 0 Å². The molecule has 1 rings (SSSR count). The summed E-state index contributed by atoms with van der Waals surface area (Å²) in [4.78, 5) is 0. The molecular weight excluding hydrogens is 282 g/mol. The monoisotopic (exact) mass is 307 g/mol. The summed E-state index contributed by atoms with van der Waals surface area (Å²) in [5.41, 5.74) is 3.05. The zero-order chi connectivity index (χ0) is 16.4. The van der Waals surface area contributed by atoms with Crippen molar-refractivity contribution < 1.29 is 9.04 Å². The van der Waals surface area contributed by atoms with Gasteiger partial charge in [-0.05, 0) is 71.1 Å². The van der Waals surface area contributed by atoms with Gasteiger partial charge in [-0.15, -0.1) is 0 Å². The predicted octanol–water partition coefficient (Wildman–Crippen LogP) is 4.31. The van der Waals surface area contributed by atoms with E-state index >= 15 is 0 Å². The van der Waals surface area contributed by atoms with Crippen LogP contribution in [0.3, 0.4) is 0 Å². The maximum atomic E-state index is 13.8. The summed E-state index contributed by atoms with van der Waals surface area (Å²) in [5.74, 6) is -0.201. The van der Waals surface area contributed by atoms with Crippen molar-refractivity contribution in [1.82, 2.24) is 0 Å². The van der Waals surface area contributed by atoms with Crippen LogP contribution in [0.1, 0.15) is 52.7 Å². The highest BCUT2D eigenvalue weighted by Gasteiger charge is 2.34. The van der Waals surface area contributed by atoms with Gasteiger partial charge in [-0.3, -0.25) is 0 Å². The summed E-state index contributed by atoms with van der Waals surface area (Å²) >= 11 is 4.58. The second-order valence-electron chi connectivity index (χ2n) is 6.70. The van der Waals surface area contributed by atoms with E-state index in [1.54, 1.807) is 20.5 Å². The fourth-order valence-electron chi connectivity index (χ4n) is 1.66. The van der Waals surface area contributed by atoms with E-state index < -0.39 is 5.60 Å². The minimum absolute atomic E-state index is 0.201. The Bertz CT molecular complexity index is 540. The second kappa shape index (κ2) is 6.57. The summed E-state index contributed by atoms with van der Waals surface area (Å²) in [6.07, 6.45) is 1.98. The third-order valence-electron chi connectivity index (χ3n) is 3.87. The van der Waals surface area contributed by atoms with Crippen molar-refractivity contribution in [2.24, 2.45) is 0 Å². The molecule has 1 radical (unpaired) electrons. The summed E-state index contributed by atoms with van der Waals surface area (Å²) in [7, 11) is 1.71. The normalized spacial score (nSPS) is 12.2. The number of thiol groups is 1. The van der Waals surface area contributed by atoms with E-state index in [0.717, 1.165) is 16.6 Å². The first-order chi connectivity index (χ1) is 9.45. The molecule has 0 aliphatic rings. The number of halogens is 1. The molecule has 0 atom stereocenters. The molecule has 0 saturated heterocycles. The van der Waals surface area contributed by atoms with Crippen LogP contribution in [-0.2, 0) is 4.65 Å². The lowest BCUT2D eigenvalue weighted by Crippen LogP contribution is -2.46. The molecule has 0 spiro atoms. The highest BCUT2D eigenvalue weighted by Crippen LogP contribution is 2.30. The van der Waals surface area contributed by atoms with E-state index in [1.165, 1.54) is 6.07 Å². The lowest BCUT2D eigenvalue weighted by molar-refractivity contribution is 0.0854. The first-order valence-corrected chi connectivity index (χ1v) is 7.58. The van der Waals surface area contributed by atoms with Gasteiger partial charge in [0.2, 0.25) is 0 Å². The van der Waals surface area contributed by atoms with Gasteiger partial charge in [0.25, 0.3) is 0 Å². The lowest BCUT2D eigenvalue weighted by atomic mass is 9.79. The Morgan fingerprint density at radius 1 is 1.24 bits per heavy atom. The molecule has 0 aromatic heterocycles. The van der Waals surface area contributed by atoms with E-state index in [0.29, 0.717) is 5.56 Å². The van der Waals surface area contributed by atoms with Crippen LogP contribution in [-0.4, -0.2) is 17.8 Å². The number of hydrogen-bond donors (Lipinski definition) is 1. The fraction of sp³-hybridized carbons (Fsp3) is 0.529. The molecule has 0 unspecified atom stereocenters. The molecule has 21 heavy (non-hydrogen) atoms. The van der Waals surface area contributed by atoms with E-state index in [-0.39, 0.29) is 10.6 Å². The van der Waals surface area contributed by atoms with Crippen molar-refractivity contribution in [3.05, 3.63) is 34.6 Å². The standard InChI is InChI=1S/C17H25BFOS/c1-11(2)10-13-12(3)15(19)9-8-14(13)18-20-16(4,5)17(6,7)21/h8-10,21H,1-7H3. The maximum absolute atomic E-state index is 13.8. The highest BCUT2D eigenvalue weighted by atomic mass is 32.1. The molecule has 0 bridgehead atoms. The number of hydrogen-bond acceptors (Lipinski definition) is 2. The van der Waals surface area contributed by atoms with E-state index in [2.05, 4.69) is 12.6 Å². The number of allylic oxidation sites excluding steroid dienone is 1. The Labute approximate surface area is 134 Å². The lowest BCUT2D eigenvalue weighted by Gasteiger charge is -2.38. The van der Waals surface area contributed by atoms with Crippen molar-refractivity contribution in [2.45, 2.75) is 58.8 Å².